The molecule has 0 bridgehead atoms. The van der Waals surface area contributed by atoms with Gasteiger partial charge in [0, 0.05) is 5.56 Å². The van der Waals surface area contributed by atoms with E-state index in [4.69, 9.17) is 26.8 Å². The number of ether oxygens (including phenoxy) is 2. The lowest BCUT2D eigenvalue weighted by Crippen LogP contribution is -2.02. The molecular formula is C13H11BrClN3O2. The highest BCUT2D eigenvalue weighted by Gasteiger charge is 2.20. The molecule has 0 atom stereocenters. The first-order valence-corrected chi connectivity index (χ1v) is 7.18. The minimum atomic E-state index is 0.169. The highest BCUT2D eigenvalue weighted by Crippen LogP contribution is 2.42. The van der Waals surface area contributed by atoms with Gasteiger partial charge in [0.1, 0.15) is 5.82 Å². The fourth-order valence-corrected chi connectivity index (χ4v) is 2.70. The molecule has 0 radical (unpaired) electrons. The molecular weight excluding hydrogens is 346 g/mol. The van der Waals surface area contributed by atoms with E-state index in [9.17, 15) is 0 Å². The molecule has 2 N–H and O–H groups in total. The van der Waals surface area contributed by atoms with Crippen LogP contribution in [0.2, 0.25) is 5.02 Å². The van der Waals surface area contributed by atoms with Crippen LogP contribution in [0.3, 0.4) is 0 Å². The Balaban J connectivity index is 2.14. The van der Waals surface area contributed by atoms with Crippen LogP contribution in [0.5, 0.6) is 11.5 Å². The van der Waals surface area contributed by atoms with Crippen LogP contribution in [-0.2, 0) is 6.42 Å². The number of anilines is 1. The first kappa shape index (κ1) is 13.5. The van der Waals surface area contributed by atoms with Crippen molar-refractivity contribution in [1.82, 2.24) is 9.97 Å². The second-order valence-electron chi connectivity index (χ2n) is 4.24. The van der Waals surface area contributed by atoms with Gasteiger partial charge in [-0.05, 0) is 34.5 Å². The Morgan fingerprint density at radius 3 is 2.90 bits per heavy atom. The van der Waals surface area contributed by atoms with Gasteiger partial charge in [-0.1, -0.05) is 18.5 Å². The van der Waals surface area contributed by atoms with E-state index in [0.29, 0.717) is 28.2 Å². The van der Waals surface area contributed by atoms with Gasteiger partial charge in [0.15, 0.2) is 17.3 Å². The van der Waals surface area contributed by atoms with Crippen LogP contribution in [0.4, 0.5) is 5.82 Å². The molecule has 0 amide bonds. The Labute approximate surface area is 129 Å². The lowest BCUT2D eigenvalue weighted by atomic mass is 10.1. The van der Waals surface area contributed by atoms with E-state index in [2.05, 4.69) is 25.9 Å². The molecule has 2 heterocycles. The topological polar surface area (TPSA) is 70.3 Å². The number of halogens is 2. The molecule has 1 aliphatic heterocycles. The summed E-state index contributed by atoms with van der Waals surface area (Å²) in [5.74, 6) is 2.07. The maximum atomic E-state index is 6.17. The lowest BCUT2D eigenvalue weighted by molar-refractivity contribution is 0.174. The summed E-state index contributed by atoms with van der Waals surface area (Å²) in [5.41, 5.74) is 7.49. The van der Waals surface area contributed by atoms with Crippen molar-refractivity contribution in [1.29, 1.82) is 0 Å². The minimum absolute atomic E-state index is 0.169. The molecule has 0 unspecified atom stereocenters. The van der Waals surface area contributed by atoms with Crippen molar-refractivity contribution in [2.75, 3.05) is 12.5 Å². The van der Waals surface area contributed by atoms with E-state index in [1.54, 1.807) is 12.1 Å². The van der Waals surface area contributed by atoms with Crippen LogP contribution in [0, 0.1) is 0 Å². The maximum absolute atomic E-state index is 6.17. The number of aromatic nitrogens is 2. The SMILES string of the molecule is CCc1nc(-c2cc(Cl)c3c(c2)OCO3)nc(N)c1Br. The first-order chi connectivity index (χ1) is 9.60. The number of rotatable bonds is 2. The highest BCUT2D eigenvalue weighted by molar-refractivity contribution is 9.10. The van der Waals surface area contributed by atoms with E-state index in [-0.39, 0.29) is 6.79 Å². The molecule has 20 heavy (non-hydrogen) atoms. The van der Waals surface area contributed by atoms with Gasteiger partial charge in [0.05, 0.1) is 15.2 Å². The van der Waals surface area contributed by atoms with E-state index in [1.165, 1.54) is 0 Å². The van der Waals surface area contributed by atoms with E-state index in [1.807, 2.05) is 6.92 Å². The summed E-state index contributed by atoms with van der Waals surface area (Å²) in [7, 11) is 0. The van der Waals surface area contributed by atoms with Crippen molar-refractivity contribution >= 4 is 33.3 Å². The van der Waals surface area contributed by atoms with Crippen LogP contribution in [0.15, 0.2) is 16.6 Å². The van der Waals surface area contributed by atoms with Gasteiger partial charge in [-0.25, -0.2) is 9.97 Å². The molecule has 0 aliphatic carbocycles. The van der Waals surface area contributed by atoms with E-state index in [0.717, 1.165) is 22.2 Å². The number of hydrogen-bond acceptors (Lipinski definition) is 5. The summed E-state index contributed by atoms with van der Waals surface area (Å²) in [5, 5.41) is 0.470. The molecule has 3 rings (SSSR count). The average Bonchev–Trinajstić information content (AvgIpc) is 2.90. The number of benzene rings is 1. The summed E-state index contributed by atoms with van der Waals surface area (Å²) < 4.78 is 11.4. The van der Waals surface area contributed by atoms with Crippen LogP contribution < -0.4 is 15.2 Å². The normalized spacial score (nSPS) is 12.8. The minimum Gasteiger partial charge on any atom is -0.454 e. The van der Waals surface area contributed by atoms with E-state index < -0.39 is 0 Å². The zero-order valence-corrected chi connectivity index (χ0v) is 13.0. The second-order valence-corrected chi connectivity index (χ2v) is 5.44. The predicted molar refractivity (Wildman–Crippen MR) is 80.1 cm³/mol. The van der Waals surface area contributed by atoms with Crippen molar-refractivity contribution < 1.29 is 9.47 Å². The third-order valence-corrected chi connectivity index (χ3v) is 4.11. The van der Waals surface area contributed by atoms with Gasteiger partial charge >= 0.3 is 0 Å². The van der Waals surface area contributed by atoms with Crippen LogP contribution in [0.1, 0.15) is 12.6 Å². The Kier molecular flexibility index (Phi) is 3.43. The molecule has 104 valence electrons. The van der Waals surface area contributed by atoms with Gasteiger partial charge < -0.3 is 15.2 Å². The lowest BCUT2D eigenvalue weighted by Gasteiger charge is -2.09. The van der Waals surface area contributed by atoms with E-state index >= 15 is 0 Å². The monoisotopic (exact) mass is 355 g/mol. The second kappa shape index (κ2) is 5.10. The van der Waals surface area contributed by atoms with Crippen LogP contribution >= 0.6 is 27.5 Å². The molecule has 1 aromatic carbocycles. The smallest absolute Gasteiger partial charge is 0.231 e. The van der Waals surface area contributed by atoms with Crippen molar-refractivity contribution in [3.05, 3.63) is 27.3 Å². The summed E-state index contributed by atoms with van der Waals surface area (Å²) in [6, 6.07) is 3.55. The molecule has 5 nitrogen and oxygen atoms in total. The molecule has 0 fully saturated rings. The molecule has 0 spiro atoms. The highest BCUT2D eigenvalue weighted by atomic mass is 79.9. The maximum Gasteiger partial charge on any atom is 0.231 e. The molecule has 7 heteroatoms. The summed E-state index contributed by atoms with van der Waals surface area (Å²) in [6.45, 7) is 2.17. The number of fused-ring (bicyclic) bond motifs is 1. The Morgan fingerprint density at radius 1 is 1.35 bits per heavy atom. The fraction of sp³-hybridized carbons (Fsp3) is 0.231. The van der Waals surface area contributed by atoms with Crippen LogP contribution in [-0.4, -0.2) is 16.8 Å². The standard InChI is InChI=1S/C13H11BrClN3O2/c1-2-8-10(14)12(16)18-13(17-8)6-3-7(15)11-9(4-6)19-5-20-11/h3-4H,2,5H2,1H3,(H2,16,17,18). The van der Waals surface area contributed by atoms with Crippen molar-refractivity contribution in [3.8, 4) is 22.9 Å². The van der Waals surface area contributed by atoms with Crippen LogP contribution in [0.25, 0.3) is 11.4 Å². The fourth-order valence-electron chi connectivity index (χ4n) is 1.97. The van der Waals surface area contributed by atoms with Gasteiger partial charge in [-0.15, -0.1) is 0 Å². The van der Waals surface area contributed by atoms with Gasteiger partial charge in [-0.3, -0.25) is 0 Å². The molecule has 1 aromatic heterocycles. The summed E-state index contributed by atoms with van der Waals surface area (Å²) in [4.78, 5) is 8.78. The average molecular weight is 357 g/mol. The summed E-state index contributed by atoms with van der Waals surface area (Å²) >= 11 is 9.56. The molecule has 2 aromatic rings. The predicted octanol–water partition coefficient (Wildman–Crippen LogP) is 3.43. The van der Waals surface area contributed by atoms with Gasteiger partial charge in [0.25, 0.3) is 0 Å². The van der Waals surface area contributed by atoms with Gasteiger partial charge in [-0.2, -0.15) is 0 Å². The summed E-state index contributed by atoms with van der Waals surface area (Å²) in [6.07, 6.45) is 0.749. The molecule has 0 saturated heterocycles. The quantitative estimate of drug-likeness (QED) is 0.892. The largest absolute Gasteiger partial charge is 0.454 e. The number of nitrogen functional groups attached to an aromatic ring is 1. The molecule has 0 saturated carbocycles. The number of nitrogens with two attached hydrogens (primary N) is 1. The van der Waals surface area contributed by atoms with Gasteiger partial charge in [0.2, 0.25) is 6.79 Å². The Morgan fingerprint density at radius 2 is 2.15 bits per heavy atom. The number of nitrogens with zero attached hydrogens (tertiary/aromatic N) is 2. The zero-order chi connectivity index (χ0) is 14.3. The van der Waals surface area contributed by atoms with Crippen molar-refractivity contribution in [2.24, 2.45) is 0 Å². The third-order valence-electron chi connectivity index (χ3n) is 2.97. The Hall–Kier alpha value is -1.53. The zero-order valence-electron chi connectivity index (χ0n) is 10.6. The third kappa shape index (κ3) is 2.19. The number of hydrogen-bond donors (Lipinski definition) is 1. The molecule has 1 aliphatic rings. The van der Waals surface area contributed by atoms with Crippen molar-refractivity contribution in [2.45, 2.75) is 13.3 Å². The first-order valence-electron chi connectivity index (χ1n) is 6.01. The number of aryl methyl sites for hydroxylation is 1. The Bertz CT molecular complexity index is 685. The van der Waals surface area contributed by atoms with Crippen molar-refractivity contribution in [3.63, 3.8) is 0 Å².